The smallest absolute Gasteiger partial charge is 0.175 e. The quantitative estimate of drug-likeness (QED) is 0.325. The van der Waals surface area contributed by atoms with E-state index in [9.17, 15) is 13.2 Å². The monoisotopic (exact) mass is 454 g/mol. The number of benzene rings is 3. The normalized spacial score (nSPS) is 12.0. The second-order valence-electron chi connectivity index (χ2n) is 5.33. The number of hydrogen-bond acceptors (Lipinski definition) is 3. The second-order valence-corrected chi connectivity index (χ2v) is 8.82. The number of halogens is 2. The highest BCUT2D eigenvalue weighted by Gasteiger charge is 2.15. The van der Waals surface area contributed by atoms with E-state index in [2.05, 4.69) is 31.9 Å². The molecular formula is C17H12Br2O3S. The third-order valence-corrected chi connectivity index (χ3v) is 5.85. The lowest BCUT2D eigenvalue weighted by Gasteiger charge is -2.11. The van der Waals surface area contributed by atoms with Gasteiger partial charge in [-0.05, 0) is 51.9 Å². The minimum atomic E-state index is -3.31. The van der Waals surface area contributed by atoms with E-state index >= 15 is 0 Å². The van der Waals surface area contributed by atoms with Gasteiger partial charge in [-0.15, -0.1) is 0 Å². The molecule has 0 saturated carbocycles. The number of hydrogen-bond donors (Lipinski definition) is 0. The lowest BCUT2D eigenvalue weighted by molar-refractivity contribution is 0.102. The first-order valence-electron chi connectivity index (χ1n) is 6.76. The molecule has 0 radical (unpaired) electrons. The van der Waals surface area contributed by atoms with Crippen LogP contribution in [-0.2, 0) is 9.84 Å². The van der Waals surface area contributed by atoms with E-state index in [0.717, 1.165) is 26.0 Å². The molecule has 0 spiro atoms. The van der Waals surface area contributed by atoms with Gasteiger partial charge < -0.3 is 0 Å². The van der Waals surface area contributed by atoms with Gasteiger partial charge in [-0.25, -0.2) is 8.42 Å². The van der Waals surface area contributed by atoms with Crippen molar-refractivity contribution >= 4 is 69.0 Å². The van der Waals surface area contributed by atoms with Crippen LogP contribution in [0.3, 0.4) is 0 Å². The Balaban J connectivity index is 2.51. The molecule has 0 saturated heterocycles. The number of alkyl halides is 1. The summed E-state index contributed by atoms with van der Waals surface area (Å²) in [5.41, 5.74) is 0.586. The maximum atomic E-state index is 12.3. The van der Waals surface area contributed by atoms with Gasteiger partial charge in [0.05, 0.1) is 10.2 Å². The molecule has 0 amide bonds. The Kier molecular flexibility index (Phi) is 4.33. The molecule has 3 rings (SSSR count). The summed E-state index contributed by atoms with van der Waals surface area (Å²) in [6.07, 6.45) is 1.18. The Labute approximate surface area is 150 Å². The van der Waals surface area contributed by atoms with Crippen LogP contribution < -0.4 is 0 Å². The number of carbonyl (C=O) groups excluding carboxylic acids is 1. The average molecular weight is 456 g/mol. The zero-order valence-electron chi connectivity index (χ0n) is 12.1. The van der Waals surface area contributed by atoms with Crippen molar-refractivity contribution in [2.75, 3.05) is 11.6 Å². The van der Waals surface area contributed by atoms with E-state index in [1.165, 1.54) is 6.26 Å². The van der Waals surface area contributed by atoms with Crippen LogP contribution in [0.15, 0.2) is 51.8 Å². The highest BCUT2D eigenvalue weighted by atomic mass is 79.9. The van der Waals surface area contributed by atoms with Gasteiger partial charge in [-0.1, -0.05) is 44.0 Å². The predicted octanol–water partition coefficient (Wildman–Crippen LogP) is 4.74. The number of Topliss-reactive ketones (excluding diaryl/α,β-unsaturated/α-hetero) is 1. The standard InChI is InChI=1S/C17H12Br2O3S/c1-23(21,22)12-3-5-14-15(8-12)13-4-2-11(19)6-10(13)7-16(14)17(20)9-18/h2-8H,9H2,1H3. The molecule has 0 N–H and O–H groups in total. The molecule has 0 fully saturated rings. The first-order chi connectivity index (χ1) is 10.8. The van der Waals surface area contributed by atoms with Gasteiger partial charge in [0.25, 0.3) is 0 Å². The topological polar surface area (TPSA) is 51.2 Å². The minimum absolute atomic E-state index is 0.0380. The molecule has 0 unspecified atom stereocenters. The van der Waals surface area contributed by atoms with E-state index in [4.69, 9.17) is 0 Å². The molecule has 0 aromatic heterocycles. The van der Waals surface area contributed by atoms with Crippen molar-refractivity contribution < 1.29 is 13.2 Å². The summed E-state index contributed by atoms with van der Waals surface area (Å²) in [4.78, 5) is 12.5. The molecule has 23 heavy (non-hydrogen) atoms. The third kappa shape index (κ3) is 3.07. The molecule has 6 heteroatoms. The van der Waals surface area contributed by atoms with Crippen molar-refractivity contribution in [2.24, 2.45) is 0 Å². The van der Waals surface area contributed by atoms with Crippen LogP contribution in [0.2, 0.25) is 0 Å². The van der Waals surface area contributed by atoms with Gasteiger partial charge in [0.2, 0.25) is 0 Å². The fraction of sp³-hybridized carbons (Fsp3) is 0.118. The van der Waals surface area contributed by atoms with E-state index in [1.807, 2.05) is 24.3 Å². The summed E-state index contributed by atoms with van der Waals surface area (Å²) in [6, 6.07) is 12.5. The van der Waals surface area contributed by atoms with Crippen LogP contribution in [0.1, 0.15) is 10.4 Å². The highest BCUT2D eigenvalue weighted by molar-refractivity contribution is 9.10. The minimum Gasteiger partial charge on any atom is -0.293 e. The fourth-order valence-corrected chi connectivity index (χ4v) is 3.97. The molecule has 118 valence electrons. The molecule has 3 nitrogen and oxygen atoms in total. The van der Waals surface area contributed by atoms with Crippen LogP contribution in [-0.4, -0.2) is 25.8 Å². The maximum absolute atomic E-state index is 12.3. The molecule has 3 aromatic carbocycles. The van der Waals surface area contributed by atoms with Gasteiger partial charge in [-0.2, -0.15) is 0 Å². The van der Waals surface area contributed by atoms with Crippen LogP contribution in [0.5, 0.6) is 0 Å². The van der Waals surface area contributed by atoms with E-state index in [1.54, 1.807) is 18.2 Å². The number of sulfone groups is 1. The lowest BCUT2D eigenvalue weighted by Crippen LogP contribution is -2.02. The molecule has 3 aromatic rings. The number of rotatable bonds is 3. The fourth-order valence-electron chi connectivity index (χ4n) is 2.65. The summed E-state index contributed by atoms with van der Waals surface area (Å²) >= 11 is 6.64. The zero-order chi connectivity index (χ0) is 16.8. The summed E-state index contributed by atoms with van der Waals surface area (Å²) in [6.45, 7) is 0. The second kappa shape index (κ2) is 6.00. The number of carbonyl (C=O) groups is 1. The SMILES string of the molecule is CS(=O)(=O)c1ccc2c(C(=O)CBr)cc3cc(Br)ccc3c2c1. The van der Waals surface area contributed by atoms with Crippen molar-refractivity contribution in [3.05, 3.63) is 52.5 Å². The molecule has 0 atom stereocenters. The van der Waals surface area contributed by atoms with Crippen molar-refractivity contribution in [1.82, 2.24) is 0 Å². The Bertz CT molecular complexity index is 1060. The summed E-state index contributed by atoms with van der Waals surface area (Å²) in [7, 11) is -3.31. The van der Waals surface area contributed by atoms with Gasteiger partial charge in [0.1, 0.15) is 0 Å². The molecule has 0 heterocycles. The Hall–Kier alpha value is -1.24. The first kappa shape index (κ1) is 16.6. The average Bonchev–Trinajstić information content (AvgIpc) is 2.51. The van der Waals surface area contributed by atoms with Crippen LogP contribution in [0.25, 0.3) is 21.5 Å². The van der Waals surface area contributed by atoms with Crippen molar-refractivity contribution in [3.8, 4) is 0 Å². The van der Waals surface area contributed by atoms with Crippen LogP contribution in [0.4, 0.5) is 0 Å². The highest BCUT2D eigenvalue weighted by Crippen LogP contribution is 2.32. The van der Waals surface area contributed by atoms with Gasteiger partial charge in [0, 0.05) is 16.3 Å². The molecule has 0 bridgehead atoms. The van der Waals surface area contributed by atoms with Crippen LogP contribution >= 0.6 is 31.9 Å². The maximum Gasteiger partial charge on any atom is 0.175 e. The van der Waals surface area contributed by atoms with Crippen LogP contribution in [0, 0.1) is 0 Å². The summed E-state index contributed by atoms with van der Waals surface area (Å²) in [5, 5.41) is 3.55. The number of ketones is 1. The summed E-state index contributed by atoms with van der Waals surface area (Å²) < 4.78 is 24.6. The van der Waals surface area contributed by atoms with Crippen molar-refractivity contribution in [3.63, 3.8) is 0 Å². The molecule has 0 aliphatic heterocycles. The van der Waals surface area contributed by atoms with Gasteiger partial charge in [0.15, 0.2) is 15.6 Å². The van der Waals surface area contributed by atoms with E-state index in [0.29, 0.717) is 5.56 Å². The van der Waals surface area contributed by atoms with E-state index < -0.39 is 9.84 Å². The van der Waals surface area contributed by atoms with Gasteiger partial charge >= 0.3 is 0 Å². The number of fused-ring (bicyclic) bond motifs is 3. The third-order valence-electron chi connectivity index (χ3n) is 3.73. The molecule has 0 aliphatic carbocycles. The Morgan fingerprint density at radius 2 is 1.70 bits per heavy atom. The molecule has 0 aliphatic rings. The summed E-state index contributed by atoms with van der Waals surface area (Å²) in [5.74, 6) is -0.0380. The van der Waals surface area contributed by atoms with Crippen molar-refractivity contribution in [2.45, 2.75) is 4.90 Å². The van der Waals surface area contributed by atoms with Gasteiger partial charge in [-0.3, -0.25) is 4.79 Å². The zero-order valence-corrected chi connectivity index (χ0v) is 16.1. The Morgan fingerprint density at radius 3 is 2.35 bits per heavy atom. The Morgan fingerprint density at radius 1 is 1.00 bits per heavy atom. The predicted molar refractivity (Wildman–Crippen MR) is 100 cm³/mol. The largest absolute Gasteiger partial charge is 0.293 e. The first-order valence-corrected chi connectivity index (χ1v) is 10.6. The molecular weight excluding hydrogens is 444 g/mol. The van der Waals surface area contributed by atoms with E-state index in [-0.39, 0.29) is 16.0 Å². The van der Waals surface area contributed by atoms with Crippen molar-refractivity contribution in [1.29, 1.82) is 0 Å². The lowest BCUT2D eigenvalue weighted by atomic mass is 9.95.